The predicted molar refractivity (Wildman–Crippen MR) is 83.2 cm³/mol. The molecule has 1 aromatic heterocycles. The van der Waals surface area contributed by atoms with Gasteiger partial charge in [-0.15, -0.1) is 0 Å². The summed E-state index contributed by atoms with van der Waals surface area (Å²) < 4.78 is 22.7. The molecule has 0 radical (unpaired) electrons. The molecule has 23 heavy (non-hydrogen) atoms. The number of pyridine rings is 1. The van der Waals surface area contributed by atoms with Gasteiger partial charge >= 0.3 is 0 Å². The van der Waals surface area contributed by atoms with Crippen LogP contribution >= 0.6 is 0 Å². The van der Waals surface area contributed by atoms with E-state index in [1.807, 2.05) is 0 Å². The van der Waals surface area contributed by atoms with Crippen LogP contribution in [0.4, 0.5) is 0 Å². The minimum atomic E-state index is -3.44. The maximum atomic E-state index is 12.2. The molecule has 1 unspecified atom stereocenters. The summed E-state index contributed by atoms with van der Waals surface area (Å²) in [6.07, 6.45) is 2.16. The molecule has 0 aliphatic heterocycles. The summed E-state index contributed by atoms with van der Waals surface area (Å²) in [5, 5.41) is 2.37. The lowest BCUT2D eigenvalue weighted by Gasteiger charge is -2.15. The molecule has 0 fully saturated rings. The minimum absolute atomic E-state index is 0.125. The standard InChI is InChI=1S/C15H15N3O4S/c1-23(21,22)12-8-7-11(9-17-12)15(20)18-13(14(16)19)10-5-3-2-4-6-10/h2-9,13H,1H3,(H2,16,19)(H,18,20). The van der Waals surface area contributed by atoms with Gasteiger partial charge < -0.3 is 11.1 Å². The van der Waals surface area contributed by atoms with E-state index in [0.29, 0.717) is 5.56 Å². The normalized spacial score (nSPS) is 12.4. The number of nitrogens with two attached hydrogens (primary N) is 1. The SMILES string of the molecule is CS(=O)(=O)c1ccc(C(=O)NC(C(N)=O)c2ccccc2)cn1. The van der Waals surface area contributed by atoms with Crippen LogP contribution in [-0.2, 0) is 14.6 Å². The van der Waals surface area contributed by atoms with Gasteiger partial charge in [0.15, 0.2) is 14.9 Å². The van der Waals surface area contributed by atoms with Crippen molar-refractivity contribution in [3.05, 3.63) is 59.8 Å². The Bertz CT molecular complexity index is 818. The lowest BCUT2D eigenvalue weighted by Crippen LogP contribution is -2.37. The summed E-state index contributed by atoms with van der Waals surface area (Å²) in [5.74, 6) is -1.28. The van der Waals surface area contributed by atoms with Crippen LogP contribution < -0.4 is 11.1 Å². The van der Waals surface area contributed by atoms with Crippen molar-refractivity contribution in [2.75, 3.05) is 6.26 Å². The molecule has 2 amide bonds. The largest absolute Gasteiger partial charge is 0.368 e. The number of aromatic nitrogens is 1. The van der Waals surface area contributed by atoms with Crippen molar-refractivity contribution in [3.63, 3.8) is 0 Å². The number of hydrogen-bond donors (Lipinski definition) is 2. The first-order valence-electron chi connectivity index (χ1n) is 6.60. The quantitative estimate of drug-likeness (QED) is 0.823. The van der Waals surface area contributed by atoms with Crippen molar-refractivity contribution in [2.24, 2.45) is 5.73 Å². The van der Waals surface area contributed by atoms with Crippen molar-refractivity contribution in [1.82, 2.24) is 10.3 Å². The fourth-order valence-corrected chi connectivity index (χ4v) is 2.47. The third-order valence-electron chi connectivity index (χ3n) is 3.07. The summed E-state index contributed by atoms with van der Waals surface area (Å²) in [5.41, 5.74) is 6.00. The summed E-state index contributed by atoms with van der Waals surface area (Å²) in [6, 6.07) is 10.1. The van der Waals surface area contributed by atoms with Gasteiger partial charge in [-0.25, -0.2) is 13.4 Å². The van der Waals surface area contributed by atoms with E-state index < -0.39 is 27.7 Å². The average molecular weight is 333 g/mol. The highest BCUT2D eigenvalue weighted by atomic mass is 32.2. The van der Waals surface area contributed by atoms with Crippen LogP contribution in [0.25, 0.3) is 0 Å². The smallest absolute Gasteiger partial charge is 0.253 e. The Hall–Kier alpha value is -2.74. The fraction of sp³-hybridized carbons (Fsp3) is 0.133. The predicted octanol–water partition coefficient (Wildman–Crippen LogP) is 0.441. The Morgan fingerprint density at radius 2 is 1.78 bits per heavy atom. The molecule has 1 atom stereocenters. The highest BCUT2D eigenvalue weighted by Gasteiger charge is 2.21. The summed E-state index contributed by atoms with van der Waals surface area (Å²) in [6.45, 7) is 0. The zero-order chi connectivity index (χ0) is 17.0. The van der Waals surface area contributed by atoms with E-state index in [0.717, 1.165) is 12.5 Å². The fourth-order valence-electron chi connectivity index (χ4n) is 1.91. The third-order valence-corrected chi connectivity index (χ3v) is 4.07. The molecule has 0 spiro atoms. The van der Waals surface area contributed by atoms with Crippen molar-refractivity contribution in [3.8, 4) is 0 Å². The van der Waals surface area contributed by atoms with Gasteiger partial charge in [0.25, 0.3) is 5.91 Å². The highest BCUT2D eigenvalue weighted by molar-refractivity contribution is 7.90. The summed E-state index contributed by atoms with van der Waals surface area (Å²) >= 11 is 0. The van der Waals surface area contributed by atoms with E-state index in [-0.39, 0.29) is 10.6 Å². The number of sulfone groups is 1. The van der Waals surface area contributed by atoms with E-state index in [1.54, 1.807) is 30.3 Å². The van der Waals surface area contributed by atoms with Crippen LogP contribution in [0.15, 0.2) is 53.7 Å². The minimum Gasteiger partial charge on any atom is -0.368 e. The van der Waals surface area contributed by atoms with Crippen LogP contribution in [0.1, 0.15) is 22.0 Å². The molecule has 0 saturated carbocycles. The van der Waals surface area contributed by atoms with Crippen LogP contribution in [-0.4, -0.2) is 31.5 Å². The Labute approximate surface area is 133 Å². The van der Waals surface area contributed by atoms with Crippen molar-refractivity contribution >= 4 is 21.7 Å². The van der Waals surface area contributed by atoms with Gasteiger partial charge in [-0.05, 0) is 17.7 Å². The number of carbonyl (C=O) groups is 2. The van der Waals surface area contributed by atoms with E-state index in [1.165, 1.54) is 12.1 Å². The van der Waals surface area contributed by atoms with Gasteiger partial charge in [0.1, 0.15) is 6.04 Å². The molecular formula is C15H15N3O4S. The molecule has 0 aliphatic carbocycles. The average Bonchev–Trinajstić information content (AvgIpc) is 2.52. The Morgan fingerprint density at radius 3 is 2.26 bits per heavy atom. The first-order valence-corrected chi connectivity index (χ1v) is 8.49. The second-order valence-electron chi connectivity index (χ2n) is 4.88. The molecule has 8 heteroatoms. The van der Waals surface area contributed by atoms with Gasteiger partial charge in [-0.2, -0.15) is 0 Å². The molecule has 0 bridgehead atoms. The number of rotatable bonds is 5. The molecule has 2 aromatic rings. The van der Waals surface area contributed by atoms with Gasteiger partial charge in [0.2, 0.25) is 5.91 Å². The Balaban J connectivity index is 2.21. The molecule has 7 nitrogen and oxygen atoms in total. The van der Waals surface area contributed by atoms with E-state index >= 15 is 0 Å². The molecular weight excluding hydrogens is 318 g/mol. The summed E-state index contributed by atoms with van der Waals surface area (Å²) in [4.78, 5) is 27.5. The van der Waals surface area contributed by atoms with Crippen LogP contribution in [0.2, 0.25) is 0 Å². The van der Waals surface area contributed by atoms with Gasteiger partial charge in [-0.1, -0.05) is 30.3 Å². The number of primary amides is 1. The molecule has 2 rings (SSSR count). The first-order chi connectivity index (χ1) is 10.8. The van der Waals surface area contributed by atoms with Crippen molar-refractivity contribution in [1.29, 1.82) is 0 Å². The van der Waals surface area contributed by atoms with Crippen molar-refractivity contribution in [2.45, 2.75) is 11.1 Å². The summed E-state index contributed by atoms with van der Waals surface area (Å²) in [7, 11) is -3.44. The number of nitrogens with one attached hydrogen (secondary N) is 1. The number of carbonyl (C=O) groups excluding carboxylic acids is 2. The maximum Gasteiger partial charge on any atom is 0.253 e. The molecule has 1 heterocycles. The lowest BCUT2D eigenvalue weighted by molar-refractivity contribution is -0.120. The molecule has 1 aromatic carbocycles. The molecule has 0 saturated heterocycles. The van der Waals surface area contributed by atoms with Gasteiger partial charge in [-0.3, -0.25) is 9.59 Å². The highest BCUT2D eigenvalue weighted by Crippen LogP contribution is 2.13. The Kier molecular flexibility index (Phi) is 4.75. The second kappa shape index (κ2) is 6.57. The Morgan fingerprint density at radius 1 is 1.13 bits per heavy atom. The van der Waals surface area contributed by atoms with E-state index in [2.05, 4.69) is 10.3 Å². The van der Waals surface area contributed by atoms with Crippen LogP contribution in [0.5, 0.6) is 0 Å². The van der Waals surface area contributed by atoms with Crippen LogP contribution in [0, 0.1) is 0 Å². The number of amides is 2. The van der Waals surface area contributed by atoms with Gasteiger partial charge in [0, 0.05) is 12.5 Å². The lowest BCUT2D eigenvalue weighted by atomic mass is 10.1. The number of hydrogen-bond acceptors (Lipinski definition) is 5. The number of nitrogens with zero attached hydrogens (tertiary/aromatic N) is 1. The van der Waals surface area contributed by atoms with Crippen molar-refractivity contribution < 1.29 is 18.0 Å². The molecule has 120 valence electrons. The second-order valence-corrected chi connectivity index (χ2v) is 6.84. The molecule has 0 aliphatic rings. The number of benzene rings is 1. The topological polar surface area (TPSA) is 119 Å². The zero-order valence-corrected chi connectivity index (χ0v) is 13.1. The monoisotopic (exact) mass is 333 g/mol. The van der Waals surface area contributed by atoms with Gasteiger partial charge in [0.05, 0.1) is 5.56 Å². The van der Waals surface area contributed by atoms with Crippen LogP contribution in [0.3, 0.4) is 0 Å². The van der Waals surface area contributed by atoms with E-state index in [4.69, 9.17) is 5.73 Å². The first kappa shape index (κ1) is 16.6. The zero-order valence-electron chi connectivity index (χ0n) is 12.3. The molecule has 3 N–H and O–H groups in total. The van der Waals surface area contributed by atoms with E-state index in [9.17, 15) is 18.0 Å². The maximum absolute atomic E-state index is 12.2. The third kappa shape index (κ3) is 4.13.